The number of nitrogens with one attached hydrogen (secondary N) is 3. The van der Waals surface area contributed by atoms with Gasteiger partial charge in [-0.1, -0.05) is 18.2 Å². The zero-order valence-electron chi connectivity index (χ0n) is 16.4. The Morgan fingerprint density at radius 1 is 1.10 bits per heavy atom. The van der Waals surface area contributed by atoms with Crippen molar-refractivity contribution in [3.8, 4) is 0 Å². The number of amides is 4. The van der Waals surface area contributed by atoms with E-state index >= 15 is 0 Å². The summed E-state index contributed by atoms with van der Waals surface area (Å²) in [4.78, 5) is 45.4. The molecule has 3 N–H and O–H groups in total. The molecule has 0 saturated carbocycles. The molecule has 1 fully saturated rings. The number of carbonyl (C=O) groups excluding carboxylic acids is 3. The van der Waals surface area contributed by atoms with Gasteiger partial charge in [0.1, 0.15) is 6.04 Å². The number of imide groups is 1. The highest BCUT2D eigenvalue weighted by Crippen LogP contribution is 2.19. The summed E-state index contributed by atoms with van der Waals surface area (Å²) in [5.74, 6) is -0.620. The van der Waals surface area contributed by atoms with Crippen molar-refractivity contribution in [2.24, 2.45) is 0 Å². The second-order valence-electron chi connectivity index (χ2n) is 7.26. The third-order valence-corrected chi connectivity index (χ3v) is 5.26. The number of benzene rings is 1. The van der Waals surface area contributed by atoms with Crippen molar-refractivity contribution < 1.29 is 14.4 Å². The van der Waals surface area contributed by atoms with Gasteiger partial charge in [-0.3, -0.25) is 19.5 Å². The summed E-state index contributed by atoms with van der Waals surface area (Å²) in [6.07, 6.45) is 6.47. The molecule has 8 heteroatoms. The number of rotatable bonds is 8. The normalized spacial score (nSPS) is 16.1. The summed E-state index contributed by atoms with van der Waals surface area (Å²) in [6.45, 7) is 0.731. The molecule has 8 nitrogen and oxygen atoms in total. The molecule has 2 aromatic heterocycles. The number of nitrogens with zero attached hydrogens (tertiary/aromatic N) is 2. The zero-order chi connectivity index (χ0) is 20.9. The van der Waals surface area contributed by atoms with Crippen LogP contribution in [0.4, 0.5) is 4.79 Å². The Labute approximate surface area is 173 Å². The minimum absolute atomic E-state index is 0.0650. The molecule has 30 heavy (non-hydrogen) atoms. The van der Waals surface area contributed by atoms with Gasteiger partial charge in [0.2, 0.25) is 5.91 Å². The maximum absolute atomic E-state index is 12.6. The van der Waals surface area contributed by atoms with Crippen LogP contribution in [0, 0.1) is 0 Å². The summed E-state index contributed by atoms with van der Waals surface area (Å²) in [5.41, 5.74) is 3.13. The quantitative estimate of drug-likeness (QED) is 0.497. The maximum atomic E-state index is 12.6. The number of urea groups is 1. The summed E-state index contributed by atoms with van der Waals surface area (Å²) in [5, 5.41) is 6.50. The molecule has 154 valence electrons. The molecular weight excluding hydrogens is 382 g/mol. The number of hydrogen-bond acceptors (Lipinski definition) is 4. The number of hydrogen-bond donors (Lipinski definition) is 3. The van der Waals surface area contributed by atoms with E-state index in [0.29, 0.717) is 19.4 Å². The predicted molar refractivity (Wildman–Crippen MR) is 112 cm³/mol. The van der Waals surface area contributed by atoms with E-state index in [2.05, 4.69) is 20.6 Å². The SMILES string of the molecule is O=C(C[C@H]1NC(=O)N(CCc2c[nH]c3ccccc23)C1=O)NCCc1ccncc1. The average Bonchev–Trinajstić information content (AvgIpc) is 3.28. The van der Waals surface area contributed by atoms with E-state index in [0.717, 1.165) is 22.0 Å². The Morgan fingerprint density at radius 3 is 2.73 bits per heavy atom. The molecule has 1 saturated heterocycles. The highest BCUT2D eigenvalue weighted by Gasteiger charge is 2.38. The van der Waals surface area contributed by atoms with Crippen molar-refractivity contribution in [2.75, 3.05) is 13.1 Å². The third-order valence-electron chi connectivity index (χ3n) is 5.26. The molecule has 0 unspecified atom stereocenters. The van der Waals surface area contributed by atoms with Gasteiger partial charge in [-0.25, -0.2) is 4.79 Å². The number of H-pyrrole nitrogens is 1. The topological polar surface area (TPSA) is 107 Å². The lowest BCUT2D eigenvalue weighted by Gasteiger charge is -2.13. The molecule has 4 rings (SSSR count). The van der Waals surface area contributed by atoms with E-state index in [9.17, 15) is 14.4 Å². The Bertz CT molecular complexity index is 1060. The van der Waals surface area contributed by atoms with Crippen molar-refractivity contribution >= 4 is 28.7 Å². The van der Waals surface area contributed by atoms with Crippen molar-refractivity contribution in [3.63, 3.8) is 0 Å². The van der Waals surface area contributed by atoms with E-state index < -0.39 is 12.1 Å². The minimum Gasteiger partial charge on any atom is -0.361 e. The highest BCUT2D eigenvalue weighted by molar-refractivity contribution is 6.05. The fourth-order valence-corrected chi connectivity index (χ4v) is 3.65. The molecule has 3 aromatic rings. The summed E-state index contributed by atoms with van der Waals surface area (Å²) in [7, 11) is 0. The number of pyridine rings is 1. The Morgan fingerprint density at radius 2 is 1.90 bits per heavy atom. The number of fused-ring (bicyclic) bond motifs is 1. The first-order valence-electron chi connectivity index (χ1n) is 9.94. The maximum Gasteiger partial charge on any atom is 0.324 e. The van der Waals surface area contributed by atoms with Crippen molar-refractivity contribution in [2.45, 2.75) is 25.3 Å². The number of aromatic nitrogens is 2. The van der Waals surface area contributed by atoms with Crippen molar-refractivity contribution in [1.29, 1.82) is 0 Å². The molecule has 1 aliphatic rings. The van der Waals surface area contributed by atoms with Gasteiger partial charge in [0.15, 0.2) is 0 Å². The molecule has 0 bridgehead atoms. The molecule has 3 heterocycles. The zero-order valence-corrected chi connectivity index (χ0v) is 16.4. The lowest BCUT2D eigenvalue weighted by molar-refractivity contribution is -0.130. The van der Waals surface area contributed by atoms with Crippen molar-refractivity contribution in [3.05, 3.63) is 66.1 Å². The van der Waals surface area contributed by atoms with Crippen LogP contribution in [-0.4, -0.2) is 51.8 Å². The predicted octanol–water partition coefficient (Wildman–Crippen LogP) is 1.77. The van der Waals surface area contributed by atoms with E-state index in [1.807, 2.05) is 42.6 Å². The van der Waals surface area contributed by atoms with Gasteiger partial charge < -0.3 is 15.6 Å². The molecule has 1 atom stereocenters. The number of aromatic amines is 1. The first kappa shape index (κ1) is 19.6. The van der Waals surface area contributed by atoms with Crippen LogP contribution in [0.15, 0.2) is 55.0 Å². The lowest BCUT2D eigenvalue weighted by Crippen LogP contribution is -2.37. The van der Waals surface area contributed by atoms with Gasteiger partial charge in [0.05, 0.1) is 6.42 Å². The van der Waals surface area contributed by atoms with Crippen LogP contribution >= 0.6 is 0 Å². The van der Waals surface area contributed by atoms with Crippen LogP contribution in [0.5, 0.6) is 0 Å². The molecule has 1 aromatic carbocycles. The van der Waals surface area contributed by atoms with E-state index in [4.69, 9.17) is 0 Å². The van der Waals surface area contributed by atoms with E-state index in [-0.39, 0.29) is 24.8 Å². The second kappa shape index (κ2) is 8.77. The summed E-state index contributed by atoms with van der Waals surface area (Å²) >= 11 is 0. The van der Waals surface area contributed by atoms with Gasteiger partial charge >= 0.3 is 6.03 Å². The molecule has 1 aliphatic heterocycles. The fraction of sp³-hybridized carbons (Fsp3) is 0.273. The van der Waals surface area contributed by atoms with E-state index in [1.54, 1.807) is 12.4 Å². The first-order valence-corrected chi connectivity index (χ1v) is 9.94. The Kier molecular flexibility index (Phi) is 5.74. The average molecular weight is 405 g/mol. The fourth-order valence-electron chi connectivity index (χ4n) is 3.65. The standard InChI is InChI=1S/C22H23N5O3/c28-20(24-11-7-15-5-9-23-10-6-15)13-19-21(29)27(22(30)26-19)12-8-16-14-25-18-4-2-1-3-17(16)18/h1-6,9-10,14,19,25H,7-8,11-13H2,(H,24,28)(H,26,30)/t19-/m1/s1. The second-order valence-corrected chi connectivity index (χ2v) is 7.26. The monoisotopic (exact) mass is 405 g/mol. The van der Waals surface area contributed by atoms with Gasteiger partial charge in [-0.2, -0.15) is 0 Å². The van der Waals surface area contributed by atoms with Crippen molar-refractivity contribution in [1.82, 2.24) is 25.5 Å². The number of para-hydroxylation sites is 1. The van der Waals surface area contributed by atoms with Gasteiger partial charge in [0, 0.05) is 42.6 Å². The third kappa shape index (κ3) is 4.32. The highest BCUT2D eigenvalue weighted by atomic mass is 16.2. The largest absolute Gasteiger partial charge is 0.361 e. The van der Waals surface area contributed by atoms with Crippen LogP contribution in [0.2, 0.25) is 0 Å². The van der Waals surface area contributed by atoms with Gasteiger partial charge in [-0.15, -0.1) is 0 Å². The molecule has 0 spiro atoms. The van der Waals surface area contributed by atoms with Crippen LogP contribution in [0.25, 0.3) is 10.9 Å². The van der Waals surface area contributed by atoms with Crippen LogP contribution in [0.1, 0.15) is 17.5 Å². The Hall–Kier alpha value is -3.68. The Balaban J connectivity index is 1.27. The molecule has 0 aliphatic carbocycles. The number of carbonyl (C=O) groups is 3. The van der Waals surface area contributed by atoms with Gasteiger partial charge in [0.25, 0.3) is 5.91 Å². The summed E-state index contributed by atoms with van der Waals surface area (Å²) < 4.78 is 0. The lowest BCUT2D eigenvalue weighted by atomic mass is 10.1. The molecule has 4 amide bonds. The van der Waals surface area contributed by atoms with Crippen LogP contribution in [0.3, 0.4) is 0 Å². The molecular formula is C22H23N5O3. The smallest absolute Gasteiger partial charge is 0.324 e. The molecule has 0 radical (unpaired) electrons. The first-order chi connectivity index (χ1) is 14.6. The van der Waals surface area contributed by atoms with E-state index in [1.165, 1.54) is 4.90 Å². The van der Waals surface area contributed by atoms with Crippen LogP contribution < -0.4 is 10.6 Å². The summed E-state index contributed by atoms with van der Waals surface area (Å²) in [6, 6.07) is 10.4. The van der Waals surface area contributed by atoms with Gasteiger partial charge in [-0.05, 0) is 42.2 Å². The van der Waals surface area contributed by atoms with Crippen LogP contribution in [-0.2, 0) is 22.4 Å². The minimum atomic E-state index is -0.818.